The molecule has 0 saturated carbocycles. The number of aromatic amines is 1. The third-order valence-electron chi connectivity index (χ3n) is 1.41. The van der Waals surface area contributed by atoms with Crippen molar-refractivity contribution in [2.45, 2.75) is 0 Å². The van der Waals surface area contributed by atoms with Gasteiger partial charge in [-0.05, 0) is 39.7 Å². The molecule has 0 aromatic carbocycles. The summed E-state index contributed by atoms with van der Waals surface area (Å²) in [5, 5.41) is 6.67. The van der Waals surface area contributed by atoms with Crippen LogP contribution in [0.3, 0.4) is 0 Å². The molecule has 1 N–H and O–H groups in total. The number of hydrogen-bond donors (Lipinski definition) is 1. The van der Waals surface area contributed by atoms with Gasteiger partial charge in [0.1, 0.15) is 5.69 Å². The summed E-state index contributed by atoms with van der Waals surface area (Å²) in [6.45, 7) is 0. The molecule has 0 spiro atoms. The molecule has 2 rings (SSSR count). The number of halogens is 2. The number of H-pyrrole nitrogens is 1. The Bertz CT molecular complexity index is 411. The monoisotopic (exact) mass is 258 g/mol. The molecule has 0 fully saturated rings. The summed E-state index contributed by atoms with van der Waals surface area (Å²) in [6.07, 6.45) is 1.68. The molecular weight excluding hydrogens is 255 g/mol. The number of nitrogens with one attached hydrogen (secondary N) is 1. The molecule has 2 heterocycles. The Labute approximate surface area is 87.5 Å². The van der Waals surface area contributed by atoms with Crippen LogP contribution in [0.2, 0.25) is 5.28 Å². The second kappa shape index (κ2) is 3.43. The van der Waals surface area contributed by atoms with E-state index in [2.05, 4.69) is 36.1 Å². The quantitative estimate of drug-likeness (QED) is 0.855. The van der Waals surface area contributed by atoms with E-state index in [4.69, 9.17) is 11.6 Å². The summed E-state index contributed by atoms with van der Waals surface area (Å²) in [5.74, 6) is 0.498. The van der Waals surface area contributed by atoms with Crippen LogP contribution < -0.4 is 0 Å². The summed E-state index contributed by atoms with van der Waals surface area (Å²) in [4.78, 5) is 8.04. The second-order valence-electron chi connectivity index (χ2n) is 2.31. The molecule has 0 saturated heterocycles. The molecule has 6 heteroatoms. The van der Waals surface area contributed by atoms with Crippen LogP contribution in [0.25, 0.3) is 11.5 Å². The van der Waals surface area contributed by atoms with Gasteiger partial charge in [0.2, 0.25) is 11.1 Å². The topological polar surface area (TPSA) is 54.5 Å². The van der Waals surface area contributed by atoms with Crippen molar-refractivity contribution in [2.24, 2.45) is 0 Å². The summed E-state index contributed by atoms with van der Waals surface area (Å²) in [6, 6.07) is 3.68. The van der Waals surface area contributed by atoms with Gasteiger partial charge in [-0.3, -0.25) is 4.98 Å². The highest BCUT2D eigenvalue weighted by Crippen LogP contribution is 2.15. The van der Waals surface area contributed by atoms with Gasteiger partial charge in [-0.1, -0.05) is 0 Å². The van der Waals surface area contributed by atoms with Crippen LogP contribution in [-0.4, -0.2) is 20.2 Å². The summed E-state index contributed by atoms with van der Waals surface area (Å²) in [7, 11) is 0. The van der Waals surface area contributed by atoms with Crippen LogP contribution >= 0.6 is 27.5 Å². The van der Waals surface area contributed by atoms with Crippen molar-refractivity contribution in [3.8, 4) is 11.5 Å². The van der Waals surface area contributed by atoms with Gasteiger partial charge < -0.3 is 0 Å². The number of aromatic nitrogens is 4. The molecule has 0 aliphatic carbocycles. The highest BCUT2D eigenvalue weighted by Gasteiger charge is 2.04. The van der Waals surface area contributed by atoms with Gasteiger partial charge in [-0.25, -0.2) is 5.10 Å². The normalized spacial score (nSPS) is 10.3. The Hall–Kier alpha value is -0.940. The summed E-state index contributed by atoms with van der Waals surface area (Å²) in [5.41, 5.74) is 0.686. The van der Waals surface area contributed by atoms with Gasteiger partial charge in [-0.15, -0.1) is 0 Å². The number of rotatable bonds is 1. The number of hydrogen-bond acceptors (Lipinski definition) is 3. The molecule has 0 aliphatic rings. The van der Waals surface area contributed by atoms with E-state index in [9.17, 15) is 0 Å². The molecule has 2 aromatic heterocycles. The minimum Gasteiger partial charge on any atom is -0.252 e. The molecule has 2 aromatic rings. The van der Waals surface area contributed by atoms with Crippen molar-refractivity contribution in [1.82, 2.24) is 20.2 Å². The zero-order valence-corrected chi connectivity index (χ0v) is 8.67. The second-order valence-corrected chi connectivity index (χ2v) is 3.59. The molecule has 4 nitrogen and oxygen atoms in total. The van der Waals surface area contributed by atoms with Crippen molar-refractivity contribution < 1.29 is 0 Å². The van der Waals surface area contributed by atoms with Crippen LogP contribution in [0.4, 0.5) is 0 Å². The molecule has 0 amide bonds. The zero-order chi connectivity index (χ0) is 9.26. The Kier molecular flexibility index (Phi) is 2.28. The number of pyridine rings is 1. The van der Waals surface area contributed by atoms with Gasteiger partial charge in [-0.2, -0.15) is 10.1 Å². The first-order valence-corrected chi connectivity index (χ1v) is 4.62. The van der Waals surface area contributed by atoms with Crippen molar-refractivity contribution in [3.63, 3.8) is 0 Å². The maximum atomic E-state index is 5.58. The van der Waals surface area contributed by atoms with Gasteiger partial charge in [0, 0.05) is 10.7 Å². The molecule has 0 unspecified atom stereocenters. The van der Waals surface area contributed by atoms with Crippen molar-refractivity contribution in [1.29, 1.82) is 0 Å². The smallest absolute Gasteiger partial charge is 0.218 e. The van der Waals surface area contributed by atoms with Crippen LogP contribution in [-0.2, 0) is 0 Å². The summed E-state index contributed by atoms with van der Waals surface area (Å²) < 4.78 is 0.915. The van der Waals surface area contributed by atoms with Crippen LogP contribution in [0, 0.1) is 0 Å². The maximum Gasteiger partial charge on any atom is 0.218 e. The van der Waals surface area contributed by atoms with Crippen molar-refractivity contribution in [2.75, 3.05) is 0 Å². The molecule has 0 atom stereocenters. The molecule has 66 valence electrons. The third kappa shape index (κ3) is 1.87. The largest absolute Gasteiger partial charge is 0.252 e. The molecule has 13 heavy (non-hydrogen) atoms. The van der Waals surface area contributed by atoms with Crippen LogP contribution in [0.5, 0.6) is 0 Å². The van der Waals surface area contributed by atoms with E-state index in [1.165, 1.54) is 0 Å². The highest BCUT2D eigenvalue weighted by atomic mass is 79.9. The van der Waals surface area contributed by atoms with Crippen LogP contribution in [0.1, 0.15) is 0 Å². The molecule has 0 radical (unpaired) electrons. The lowest BCUT2D eigenvalue weighted by molar-refractivity contribution is 1.09. The molecular formula is C7H4BrClN4. The Morgan fingerprint density at radius 1 is 1.38 bits per heavy atom. The number of nitrogens with zero attached hydrogens (tertiary/aromatic N) is 3. The van der Waals surface area contributed by atoms with Gasteiger partial charge in [0.25, 0.3) is 0 Å². The molecule has 0 aliphatic heterocycles. The van der Waals surface area contributed by atoms with Crippen molar-refractivity contribution in [3.05, 3.63) is 28.1 Å². The standard InChI is InChI=1S/C7H4BrClN4/c8-4-1-2-5(10-3-4)6-11-7(9)13-12-6/h1-3H,(H,11,12,13). The summed E-state index contributed by atoms with van der Waals surface area (Å²) >= 11 is 8.86. The average Bonchev–Trinajstić information content (AvgIpc) is 2.53. The van der Waals surface area contributed by atoms with E-state index >= 15 is 0 Å². The van der Waals surface area contributed by atoms with Gasteiger partial charge in [0.15, 0.2) is 0 Å². The van der Waals surface area contributed by atoms with E-state index in [1.54, 1.807) is 6.20 Å². The van der Waals surface area contributed by atoms with Gasteiger partial charge in [0.05, 0.1) is 0 Å². The van der Waals surface area contributed by atoms with E-state index in [1.807, 2.05) is 12.1 Å². The predicted molar refractivity (Wildman–Crippen MR) is 52.3 cm³/mol. The average molecular weight is 259 g/mol. The lowest BCUT2D eigenvalue weighted by atomic mass is 10.3. The van der Waals surface area contributed by atoms with Crippen molar-refractivity contribution >= 4 is 27.5 Å². The first kappa shape index (κ1) is 8.65. The van der Waals surface area contributed by atoms with Crippen LogP contribution in [0.15, 0.2) is 22.8 Å². The van der Waals surface area contributed by atoms with E-state index in [0.717, 1.165) is 4.47 Å². The Morgan fingerprint density at radius 2 is 2.23 bits per heavy atom. The predicted octanol–water partition coefficient (Wildman–Crippen LogP) is 2.28. The molecule has 0 bridgehead atoms. The fraction of sp³-hybridized carbons (Fsp3) is 0. The third-order valence-corrected chi connectivity index (χ3v) is 2.05. The van der Waals surface area contributed by atoms with E-state index in [-0.39, 0.29) is 5.28 Å². The fourth-order valence-electron chi connectivity index (χ4n) is 0.865. The minimum absolute atomic E-state index is 0.264. The Morgan fingerprint density at radius 3 is 2.77 bits per heavy atom. The first-order chi connectivity index (χ1) is 6.25. The lowest BCUT2D eigenvalue weighted by Crippen LogP contribution is -1.84. The highest BCUT2D eigenvalue weighted by molar-refractivity contribution is 9.10. The van der Waals surface area contributed by atoms with E-state index in [0.29, 0.717) is 11.5 Å². The Balaban J connectivity index is 2.41. The minimum atomic E-state index is 0.264. The zero-order valence-electron chi connectivity index (χ0n) is 6.33. The maximum absolute atomic E-state index is 5.58. The lowest BCUT2D eigenvalue weighted by Gasteiger charge is -1.92. The first-order valence-electron chi connectivity index (χ1n) is 3.45. The SMILES string of the molecule is Clc1nc(-c2ccc(Br)cn2)n[nH]1. The van der Waals surface area contributed by atoms with E-state index < -0.39 is 0 Å². The van der Waals surface area contributed by atoms with Gasteiger partial charge >= 0.3 is 0 Å². The fourth-order valence-corrected chi connectivity index (χ4v) is 1.22.